The van der Waals surface area contributed by atoms with Crippen LogP contribution in [-0.2, 0) is 9.59 Å². The van der Waals surface area contributed by atoms with Gasteiger partial charge in [-0.25, -0.2) is 0 Å². The van der Waals surface area contributed by atoms with Gasteiger partial charge in [0.25, 0.3) is 0 Å². The highest BCUT2D eigenvalue weighted by atomic mass is 16.1. The number of nitrogens with one attached hydrogen (secondary N) is 2. The molecule has 18 heavy (non-hydrogen) atoms. The summed E-state index contributed by atoms with van der Waals surface area (Å²) in [7, 11) is 1.80. The summed E-state index contributed by atoms with van der Waals surface area (Å²) < 4.78 is 0. The van der Waals surface area contributed by atoms with Gasteiger partial charge in [0.05, 0.1) is 6.04 Å². The lowest BCUT2D eigenvalue weighted by atomic mass is 10.1. The number of hydrogen-bond acceptors (Lipinski definition) is 4. The minimum atomic E-state index is -0.0507. The van der Waals surface area contributed by atoms with E-state index in [1.807, 2.05) is 0 Å². The van der Waals surface area contributed by atoms with Gasteiger partial charge < -0.3 is 16.4 Å². The number of unbranched alkanes of at least 4 members (excludes halogenated alkanes) is 2. The van der Waals surface area contributed by atoms with E-state index in [0.29, 0.717) is 19.5 Å². The summed E-state index contributed by atoms with van der Waals surface area (Å²) in [4.78, 5) is 22.5. The van der Waals surface area contributed by atoms with Gasteiger partial charge in [-0.05, 0) is 52.6 Å². The van der Waals surface area contributed by atoms with Gasteiger partial charge in [-0.2, -0.15) is 0 Å². The van der Waals surface area contributed by atoms with Crippen LogP contribution in [0, 0.1) is 0 Å². The molecule has 1 unspecified atom stereocenters. The summed E-state index contributed by atoms with van der Waals surface area (Å²) in [5, 5.41) is 5.86. The van der Waals surface area contributed by atoms with Crippen molar-refractivity contribution in [3.63, 3.8) is 0 Å². The van der Waals surface area contributed by atoms with Crippen LogP contribution in [0.3, 0.4) is 0 Å². The van der Waals surface area contributed by atoms with E-state index in [9.17, 15) is 9.59 Å². The zero-order valence-corrected chi connectivity index (χ0v) is 11.6. The van der Waals surface area contributed by atoms with Crippen molar-refractivity contribution >= 4 is 11.7 Å². The molecule has 0 bridgehead atoms. The summed E-state index contributed by atoms with van der Waals surface area (Å²) >= 11 is 0. The van der Waals surface area contributed by atoms with Gasteiger partial charge in [0.15, 0.2) is 0 Å². The molecular formula is C13H27N3O2. The number of carbonyl (C=O) groups excluding carboxylic acids is 2. The predicted octanol–water partition coefficient (Wildman–Crippen LogP) is 0.579. The maximum atomic E-state index is 11.4. The van der Waals surface area contributed by atoms with Gasteiger partial charge in [0.1, 0.15) is 5.78 Å². The third-order valence-corrected chi connectivity index (χ3v) is 2.94. The molecule has 0 saturated heterocycles. The van der Waals surface area contributed by atoms with Gasteiger partial charge in [0.2, 0.25) is 5.91 Å². The zero-order valence-electron chi connectivity index (χ0n) is 11.6. The molecule has 1 atom stereocenters. The molecule has 0 aliphatic carbocycles. The lowest BCUT2D eigenvalue weighted by molar-refractivity contribution is -0.121. The topological polar surface area (TPSA) is 84.2 Å². The predicted molar refractivity (Wildman–Crippen MR) is 73.3 cm³/mol. The lowest BCUT2D eigenvalue weighted by Gasteiger charge is -2.12. The minimum absolute atomic E-state index is 0.0507. The van der Waals surface area contributed by atoms with E-state index in [1.165, 1.54) is 0 Å². The van der Waals surface area contributed by atoms with Gasteiger partial charge >= 0.3 is 0 Å². The Morgan fingerprint density at radius 3 is 2.44 bits per heavy atom. The molecular weight excluding hydrogens is 230 g/mol. The van der Waals surface area contributed by atoms with Gasteiger partial charge in [-0.15, -0.1) is 0 Å². The highest BCUT2D eigenvalue weighted by Crippen LogP contribution is 2.01. The zero-order chi connectivity index (χ0) is 13.8. The van der Waals surface area contributed by atoms with Crippen molar-refractivity contribution < 1.29 is 9.59 Å². The normalized spacial score (nSPS) is 12.2. The number of likely N-dealkylation sites (N-methyl/N-ethyl adjacent to an activating group) is 1. The Bertz CT molecular complexity index is 244. The van der Waals surface area contributed by atoms with Gasteiger partial charge in [0, 0.05) is 13.0 Å². The number of carbonyl (C=O) groups is 2. The van der Waals surface area contributed by atoms with Crippen LogP contribution < -0.4 is 16.4 Å². The maximum absolute atomic E-state index is 11.4. The molecule has 0 fully saturated rings. The first-order valence-electron chi connectivity index (χ1n) is 6.76. The molecule has 106 valence electrons. The van der Waals surface area contributed by atoms with Crippen LogP contribution in [0.15, 0.2) is 0 Å². The number of nitrogens with two attached hydrogens (primary N) is 1. The van der Waals surface area contributed by atoms with Crippen LogP contribution in [0.4, 0.5) is 0 Å². The van der Waals surface area contributed by atoms with E-state index in [2.05, 4.69) is 10.6 Å². The molecule has 0 aliphatic rings. The van der Waals surface area contributed by atoms with Crippen LogP contribution in [0.1, 0.15) is 45.4 Å². The Balaban J connectivity index is 3.44. The molecule has 0 heterocycles. The molecule has 5 heteroatoms. The second-order valence-electron chi connectivity index (χ2n) is 4.54. The second-order valence-corrected chi connectivity index (χ2v) is 4.54. The summed E-state index contributed by atoms with van der Waals surface area (Å²) in [6.45, 7) is 2.93. The Morgan fingerprint density at radius 1 is 1.17 bits per heavy atom. The van der Waals surface area contributed by atoms with Crippen LogP contribution >= 0.6 is 0 Å². The summed E-state index contributed by atoms with van der Waals surface area (Å²) in [6, 6.07) is -0.0507. The lowest BCUT2D eigenvalue weighted by Crippen LogP contribution is -2.32. The number of hydrogen-bond donors (Lipinski definition) is 3. The van der Waals surface area contributed by atoms with Gasteiger partial charge in [-0.1, -0.05) is 0 Å². The number of Topliss-reactive ketones (excluding diaryl/α,β-unsaturated/α-hetero) is 1. The summed E-state index contributed by atoms with van der Waals surface area (Å²) in [5.41, 5.74) is 5.36. The Kier molecular flexibility index (Phi) is 10.6. The molecule has 0 aliphatic heterocycles. The molecule has 0 aromatic heterocycles. The number of ketones is 1. The molecule has 0 spiro atoms. The SMILES string of the molecule is CNC(CCCCNC(=O)CCCCN)C(C)=O. The Morgan fingerprint density at radius 2 is 1.89 bits per heavy atom. The first-order chi connectivity index (χ1) is 8.61. The molecule has 0 rings (SSSR count). The van der Waals surface area contributed by atoms with Crippen LogP contribution in [-0.4, -0.2) is 37.9 Å². The maximum Gasteiger partial charge on any atom is 0.219 e. The van der Waals surface area contributed by atoms with Crippen molar-refractivity contribution in [2.75, 3.05) is 20.1 Å². The molecule has 0 aromatic carbocycles. The summed E-state index contributed by atoms with van der Waals surface area (Å²) in [6.07, 6.45) is 4.99. The van der Waals surface area contributed by atoms with E-state index in [0.717, 1.165) is 32.1 Å². The largest absolute Gasteiger partial charge is 0.356 e. The highest BCUT2D eigenvalue weighted by molar-refractivity contribution is 5.81. The van der Waals surface area contributed by atoms with Crippen molar-refractivity contribution in [2.45, 2.75) is 51.5 Å². The average molecular weight is 257 g/mol. The third kappa shape index (κ3) is 9.13. The average Bonchev–Trinajstić information content (AvgIpc) is 2.33. The fourth-order valence-corrected chi connectivity index (χ4v) is 1.77. The van der Waals surface area contributed by atoms with E-state index in [4.69, 9.17) is 5.73 Å². The standard InChI is InChI=1S/C13H27N3O2/c1-11(17)12(15-2)7-4-6-10-16-13(18)8-3-5-9-14/h12,15H,3-10,14H2,1-2H3,(H,16,18). The van der Waals surface area contributed by atoms with Crippen molar-refractivity contribution in [2.24, 2.45) is 5.73 Å². The van der Waals surface area contributed by atoms with E-state index < -0.39 is 0 Å². The van der Waals surface area contributed by atoms with Crippen LogP contribution in [0.2, 0.25) is 0 Å². The summed E-state index contributed by atoms with van der Waals surface area (Å²) in [5.74, 6) is 0.267. The smallest absolute Gasteiger partial charge is 0.219 e. The van der Waals surface area contributed by atoms with Crippen molar-refractivity contribution in [3.8, 4) is 0 Å². The van der Waals surface area contributed by atoms with Crippen LogP contribution in [0.25, 0.3) is 0 Å². The van der Waals surface area contributed by atoms with Crippen molar-refractivity contribution in [1.82, 2.24) is 10.6 Å². The first kappa shape index (κ1) is 17.1. The monoisotopic (exact) mass is 257 g/mol. The Labute approximate surface area is 110 Å². The van der Waals surface area contributed by atoms with E-state index in [1.54, 1.807) is 14.0 Å². The highest BCUT2D eigenvalue weighted by Gasteiger charge is 2.10. The molecule has 0 radical (unpaired) electrons. The van der Waals surface area contributed by atoms with Crippen molar-refractivity contribution in [1.29, 1.82) is 0 Å². The minimum Gasteiger partial charge on any atom is -0.356 e. The van der Waals surface area contributed by atoms with E-state index in [-0.39, 0.29) is 17.7 Å². The number of amides is 1. The molecule has 1 amide bonds. The fourth-order valence-electron chi connectivity index (χ4n) is 1.77. The van der Waals surface area contributed by atoms with Crippen molar-refractivity contribution in [3.05, 3.63) is 0 Å². The third-order valence-electron chi connectivity index (χ3n) is 2.94. The van der Waals surface area contributed by atoms with E-state index >= 15 is 0 Å². The quantitative estimate of drug-likeness (QED) is 0.473. The van der Waals surface area contributed by atoms with Crippen LogP contribution in [0.5, 0.6) is 0 Å². The first-order valence-corrected chi connectivity index (χ1v) is 6.76. The Hall–Kier alpha value is -0.940. The molecule has 5 nitrogen and oxygen atoms in total. The molecule has 0 saturated carbocycles. The fraction of sp³-hybridized carbons (Fsp3) is 0.846. The number of rotatable bonds is 11. The molecule has 0 aromatic rings. The molecule has 4 N–H and O–H groups in total. The van der Waals surface area contributed by atoms with Gasteiger partial charge in [-0.3, -0.25) is 9.59 Å². The second kappa shape index (κ2) is 11.2.